The Bertz CT molecular complexity index is 649. The van der Waals surface area contributed by atoms with Crippen molar-refractivity contribution in [1.82, 2.24) is 4.90 Å². The lowest BCUT2D eigenvalue weighted by molar-refractivity contribution is -0.145. The molecule has 0 atom stereocenters. The van der Waals surface area contributed by atoms with Crippen LogP contribution in [-0.4, -0.2) is 92.4 Å². The molecule has 31 heavy (non-hydrogen) atoms. The highest BCUT2D eigenvalue weighted by molar-refractivity contribution is 8.01. The summed E-state index contributed by atoms with van der Waals surface area (Å²) in [6, 6.07) is 0. The summed E-state index contributed by atoms with van der Waals surface area (Å²) in [7, 11) is 2.35. The number of rotatable bonds is 11. The summed E-state index contributed by atoms with van der Waals surface area (Å²) >= 11 is 3.63. The van der Waals surface area contributed by atoms with E-state index < -0.39 is 11.9 Å². The molecule has 1 aliphatic heterocycles. The van der Waals surface area contributed by atoms with E-state index in [1.165, 1.54) is 31.9 Å². The molecule has 8 nitrogen and oxygen atoms in total. The van der Waals surface area contributed by atoms with Gasteiger partial charge in [-0.25, -0.2) is 9.59 Å². The molecule has 1 aliphatic rings. The maximum Gasteiger partial charge on any atom is 0.345 e. The minimum atomic E-state index is -0.807. The van der Waals surface area contributed by atoms with Crippen molar-refractivity contribution in [3.8, 4) is 0 Å². The van der Waals surface area contributed by atoms with Crippen LogP contribution in [0.2, 0.25) is 0 Å². The van der Waals surface area contributed by atoms with E-state index in [-0.39, 0.29) is 30.8 Å². The Balaban J connectivity index is 2.72. The number of nitrogens with zero attached hydrogens (tertiary/aromatic N) is 1. The highest BCUT2D eigenvalue weighted by Gasteiger charge is 2.19. The first kappa shape index (κ1) is 27.1. The lowest BCUT2D eigenvalue weighted by Gasteiger charge is -2.23. The normalized spacial score (nSPS) is 15.0. The van der Waals surface area contributed by atoms with E-state index in [1.807, 2.05) is 23.5 Å². The molecule has 174 valence electrons. The first-order valence-corrected chi connectivity index (χ1v) is 12.1. The summed E-state index contributed by atoms with van der Waals surface area (Å²) < 4.78 is 20.2. The molecule has 0 aromatic carbocycles. The smallest absolute Gasteiger partial charge is 0.345 e. The number of ether oxygens (including phenoxy) is 4. The highest BCUT2D eigenvalue weighted by Crippen LogP contribution is 2.21. The van der Waals surface area contributed by atoms with E-state index >= 15 is 0 Å². The van der Waals surface area contributed by atoms with Crippen LogP contribution in [0, 0.1) is 0 Å². The van der Waals surface area contributed by atoms with Crippen molar-refractivity contribution in [2.24, 2.45) is 0 Å². The first-order chi connectivity index (χ1) is 14.9. The van der Waals surface area contributed by atoms with Gasteiger partial charge in [-0.05, 0) is 25.3 Å². The van der Waals surface area contributed by atoms with Gasteiger partial charge in [-0.15, -0.1) is 0 Å². The van der Waals surface area contributed by atoms with Gasteiger partial charge in [0, 0.05) is 29.6 Å². The molecule has 0 bridgehead atoms. The van der Waals surface area contributed by atoms with Crippen molar-refractivity contribution in [3.05, 3.63) is 36.1 Å². The molecular weight excluding hydrogens is 442 g/mol. The SMILES string of the molecule is C=C1CSCC(OCCN(/C=C/C=C(C(=O)OC)C(=O)OC)CC(=O)OCC)CSC1. The van der Waals surface area contributed by atoms with Crippen molar-refractivity contribution in [2.75, 3.05) is 63.5 Å². The van der Waals surface area contributed by atoms with Crippen LogP contribution in [0.3, 0.4) is 0 Å². The molecule has 0 unspecified atom stereocenters. The zero-order valence-corrected chi connectivity index (χ0v) is 19.9. The van der Waals surface area contributed by atoms with E-state index in [0.29, 0.717) is 13.2 Å². The Kier molecular flexibility index (Phi) is 13.8. The molecule has 1 heterocycles. The molecule has 10 heteroatoms. The average molecular weight is 474 g/mol. The van der Waals surface area contributed by atoms with Crippen molar-refractivity contribution in [2.45, 2.75) is 13.0 Å². The summed E-state index contributed by atoms with van der Waals surface area (Å²) in [6.45, 7) is 6.93. The van der Waals surface area contributed by atoms with Crippen LogP contribution in [0.25, 0.3) is 0 Å². The number of carbonyl (C=O) groups excluding carboxylic acids is 3. The monoisotopic (exact) mass is 473 g/mol. The van der Waals surface area contributed by atoms with E-state index in [2.05, 4.69) is 16.1 Å². The first-order valence-electron chi connectivity index (χ1n) is 9.79. The largest absolute Gasteiger partial charge is 0.465 e. The van der Waals surface area contributed by atoms with Crippen molar-refractivity contribution in [1.29, 1.82) is 0 Å². The fraction of sp³-hybridized carbons (Fsp3) is 0.571. The van der Waals surface area contributed by atoms with Crippen LogP contribution in [0.4, 0.5) is 0 Å². The molecule has 0 aromatic heterocycles. The van der Waals surface area contributed by atoms with Crippen molar-refractivity contribution < 1.29 is 33.3 Å². The molecule has 0 saturated carbocycles. The van der Waals surface area contributed by atoms with Crippen LogP contribution in [0.15, 0.2) is 36.1 Å². The molecule has 0 aromatic rings. The lowest BCUT2D eigenvalue weighted by atomic mass is 10.2. The maximum absolute atomic E-state index is 11.9. The highest BCUT2D eigenvalue weighted by atomic mass is 32.2. The molecule has 1 fully saturated rings. The zero-order valence-electron chi connectivity index (χ0n) is 18.3. The molecule has 1 rings (SSSR count). The van der Waals surface area contributed by atoms with Gasteiger partial charge in [-0.3, -0.25) is 4.79 Å². The van der Waals surface area contributed by atoms with E-state index in [0.717, 1.165) is 23.0 Å². The standard InChI is InChI=1S/C21H31NO7S2/c1-5-28-19(23)11-22(8-6-7-18(20(24)26-3)21(25)27-4)9-10-29-17-14-30-12-16(2)13-31-15-17/h6-8,17H,2,5,9-15H2,1,3-4H3/b8-6+. The molecule has 0 spiro atoms. The summed E-state index contributed by atoms with van der Waals surface area (Å²) in [5.41, 5.74) is 0.990. The van der Waals surface area contributed by atoms with E-state index in [1.54, 1.807) is 18.0 Å². The van der Waals surface area contributed by atoms with Crippen LogP contribution < -0.4 is 0 Å². The molecule has 1 saturated heterocycles. The van der Waals surface area contributed by atoms with Crippen molar-refractivity contribution >= 4 is 41.4 Å². The summed E-state index contributed by atoms with van der Waals surface area (Å²) in [6.07, 6.45) is 4.49. The van der Waals surface area contributed by atoms with Gasteiger partial charge in [0.05, 0.1) is 33.5 Å². The van der Waals surface area contributed by atoms with Gasteiger partial charge >= 0.3 is 17.9 Å². The third kappa shape index (κ3) is 11.3. The summed E-state index contributed by atoms with van der Waals surface area (Å²) in [5, 5.41) is 0. The zero-order chi connectivity index (χ0) is 23.1. The predicted octanol–water partition coefficient (Wildman–Crippen LogP) is 2.06. The Morgan fingerprint density at radius 1 is 1.13 bits per heavy atom. The van der Waals surface area contributed by atoms with Gasteiger partial charge in [0.15, 0.2) is 0 Å². The van der Waals surface area contributed by atoms with Gasteiger partial charge in [0.25, 0.3) is 0 Å². The van der Waals surface area contributed by atoms with Gasteiger partial charge in [-0.1, -0.05) is 12.2 Å². The Hall–Kier alpha value is -1.91. The summed E-state index contributed by atoms with van der Waals surface area (Å²) in [4.78, 5) is 37.1. The second-order valence-corrected chi connectivity index (χ2v) is 8.51. The number of esters is 3. The topological polar surface area (TPSA) is 91.4 Å². The number of thioether (sulfide) groups is 2. The molecule has 0 aliphatic carbocycles. The fourth-order valence-corrected chi connectivity index (χ4v) is 4.72. The third-order valence-corrected chi connectivity index (χ3v) is 6.40. The minimum absolute atomic E-state index is 0.0152. The Morgan fingerprint density at radius 2 is 1.74 bits per heavy atom. The number of allylic oxidation sites excluding steroid dienone is 2. The number of methoxy groups -OCH3 is 2. The average Bonchev–Trinajstić information content (AvgIpc) is 2.73. The second-order valence-electron chi connectivity index (χ2n) is 6.45. The number of hydrogen-bond acceptors (Lipinski definition) is 10. The maximum atomic E-state index is 11.9. The van der Waals surface area contributed by atoms with Gasteiger partial charge in [0.2, 0.25) is 0 Å². The second kappa shape index (κ2) is 15.8. The Labute approximate surface area is 192 Å². The van der Waals surface area contributed by atoms with E-state index in [4.69, 9.17) is 9.47 Å². The predicted molar refractivity (Wildman–Crippen MR) is 123 cm³/mol. The fourth-order valence-electron chi connectivity index (χ4n) is 2.47. The van der Waals surface area contributed by atoms with Crippen LogP contribution in [0.5, 0.6) is 0 Å². The minimum Gasteiger partial charge on any atom is -0.465 e. The van der Waals surface area contributed by atoms with Crippen LogP contribution in [-0.2, 0) is 33.3 Å². The molecular formula is C21H31NO7S2. The number of carbonyl (C=O) groups is 3. The van der Waals surface area contributed by atoms with Gasteiger partial charge in [0.1, 0.15) is 12.1 Å². The number of hydrogen-bond donors (Lipinski definition) is 0. The lowest BCUT2D eigenvalue weighted by Crippen LogP contribution is -2.32. The third-order valence-electron chi connectivity index (χ3n) is 3.96. The molecule has 0 N–H and O–H groups in total. The van der Waals surface area contributed by atoms with Crippen molar-refractivity contribution in [3.63, 3.8) is 0 Å². The van der Waals surface area contributed by atoms with Crippen LogP contribution >= 0.6 is 23.5 Å². The van der Waals surface area contributed by atoms with Crippen LogP contribution in [0.1, 0.15) is 6.92 Å². The Morgan fingerprint density at radius 3 is 2.29 bits per heavy atom. The quantitative estimate of drug-likeness (QED) is 0.0844. The molecule has 0 amide bonds. The van der Waals surface area contributed by atoms with E-state index in [9.17, 15) is 14.4 Å². The summed E-state index contributed by atoms with van der Waals surface area (Å²) in [5.74, 6) is 1.68. The van der Waals surface area contributed by atoms with Gasteiger partial charge < -0.3 is 23.8 Å². The van der Waals surface area contributed by atoms with Gasteiger partial charge in [-0.2, -0.15) is 23.5 Å². The molecule has 0 radical (unpaired) electrons.